The Balaban J connectivity index is 2.00. The zero-order valence-corrected chi connectivity index (χ0v) is 13.0. The first-order chi connectivity index (χ1) is 9.30. The number of carbonyl (C=O) groups is 1. The Morgan fingerprint density at radius 1 is 1.55 bits per heavy atom. The molecule has 1 aromatic rings. The Labute approximate surface area is 120 Å². The summed E-state index contributed by atoms with van der Waals surface area (Å²) in [5.74, 6) is 1.38. The molecule has 20 heavy (non-hydrogen) atoms. The maximum atomic E-state index is 11.8. The molecule has 1 aliphatic rings. The number of alkyl carbamates (subject to hydrolysis) is 1. The van der Waals surface area contributed by atoms with Crippen LogP contribution in [0, 0.1) is 0 Å². The monoisotopic (exact) mass is 279 g/mol. The highest BCUT2D eigenvalue weighted by Gasteiger charge is 2.27. The van der Waals surface area contributed by atoms with Gasteiger partial charge < -0.3 is 15.0 Å². The lowest BCUT2D eigenvalue weighted by Crippen LogP contribution is -2.34. The molecule has 1 amide bonds. The van der Waals surface area contributed by atoms with E-state index in [0.29, 0.717) is 5.92 Å². The molecule has 1 unspecified atom stereocenters. The summed E-state index contributed by atoms with van der Waals surface area (Å²) in [6.07, 6.45) is 2.94. The Morgan fingerprint density at radius 2 is 2.25 bits per heavy atom. The zero-order chi connectivity index (χ0) is 14.9. The molecule has 2 N–H and O–H groups in total. The Kier molecular flexibility index (Phi) is 4.06. The molecule has 1 aliphatic carbocycles. The van der Waals surface area contributed by atoms with E-state index in [9.17, 15) is 4.79 Å². The van der Waals surface area contributed by atoms with Crippen molar-refractivity contribution in [2.45, 2.75) is 71.4 Å². The molecule has 0 aromatic carbocycles. The van der Waals surface area contributed by atoms with E-state index >= 15 is 0 Å². The molecular formula is C15H25N3O2. The average molecular weight is 279 g/mol. The number of carbonyl (C=O) groups excluding carboxylic acids is 1. The first-order valence-corrected chi connectivity index (χ1v) is 7.38. The smallest absolute Gasteiger partial charge is 0.408 e. The number of ether oxygens (including phenoxy) is 1. The topological polar surface area (TPSA) is 67.0 Å². The third kappa shape index (κ3) is 3.32. The van der Waals surface area contributed by atoms with E-state index in [1.807, 2.05) is 27.7 Å². The van der Waals surface area contributed by atoms with Gasteiger partial charge in [-0.1, -0.05) is 6.92 Å². The predicted octanol–water partition coefficient (Wildman–Crippen LogP) is 3.44. The van der Waals surface area contributed by atoms with Crippen LogP contribution < -0.4 is 5.32 Å². The van der Waals surface area contributed by atoms with E-state index in [-0.39, 0.29) is 6.04 Å². The second kappa shape index (κ2) is 5.46. The Morgan fingerprint density at radius 3 is 2.85 bits per heavy atom. The van der Waals surface area contributed by atoms with Crippen molar-refractivity contribution in [3.8, 4) is 0 Å². The molecule has 1 aromatic heterocycles. The van der Waals surface area contributed by atoms with Crippen LogP contribution in [0.25, 0.3) is 0 Å². The third-order valence-corrected chi connectivity index (χ3v) is 3.59. The minimum atomic E-state index is -0.484. The second-order valence-corrected chi connectivity index (χ2v) is 6.50. The molecule has 0 saturated carbocycles. The Bertz CT molecular complexity index is 488. The lowest BCUT2D eigenvalue weighted by molar-refractivity contribution is 0.0506. The van der Waals surface area contributed by atoms with Crippen molar-refractivity contribution in [3.05, 3.63) is 17.2 Å². The molecule has 1 heterocycles. The molecule has 5 heteroatoms. The Hall–Kier alpha value is -1.52. The van der Waals surface area contributed by atoms with Crippen LogP contribution in [0.5, 0.6) is 0 Å². The van der Waals surface area contributed by atoms with Gasteiger partial charge in [-0.2, -0.15) is 0 Å². The minimum Gasteiger partial charge on any atom is -0.444 e. The molecular weight excluding hydrogens is 254 g/mol. The average Bonchev–Trinajstić information content (AvgIpc) is 2.84. The van der Waals surface area contributed by atoms with Crippen LogP contribution in [0.2, 0.25) is 0 Å². The number of amides is 1. The van der Waals surface area contributed by atoms with Gasteiger partial charge in [0.25, 0.3) is 0 Å². The number of H-pyrrole nitrogens is 1. The fraction of sp³-hybridized carbons (Fsp3) is 0.733. The largest absolute Gasteiger partial charge is 0.444 e. The predicted molar refractivity (Wildman–Crippen MR) is 77.7 cm³/mol. The van der Waals surface area contributed by atoms with E-state index in [0.717, 1.165) is 18.7 Å². The number of imidazole rings is 1. The van der Waals surface area contributed by atoms with Gasteiger partial charge in [0.05, 0.1) is 11.7 Å². The van der Waals surface area contributed by atoms with Gasteiger partial charge in [-0.05, 0) is 47.0 Å². The summed E-state index contributed by atoms with van der Waals surface area (Å²) < 4.78 is 5.26. The van der Waals surface area contributed by atoms with Crippen molar-refractivity contribution >= 4 is 6.09 Å². The lowest BCUT2D eigenvalue weighted by atomic mass is 10.1. The molecule has 0 saturated heterocycles. The molecule has 0 aliphatic heterocycles. The summed E-state index contributed by atoms with van der Waals surface area (Å²) in [6, 6.07) is -0.173. The molecule has 0 spiro atoms. The van der Waals surface area contributed by atoms with Crippen LogP contribution in [0.1, 0.15) is 76.6 Å². The highest BCUT2D eigenvalue weighted by Crippen LogP contribution is 2.34. The molecule has 112 valence electrons. The van der Waals surface area contributed by atoms with Crippen LogP contribution >= 0.6 is 0 Å². The summed E-state index contributed by atoms with van der Waals surface area (Å²) in [7, 11) is 0. The number of aromatic amines is 1. The minimum absolute atomic E-state index is 0.173. The van der Waals surface area contributed by atoms with Crippen LogP contribution in [0.3, 0.4) is 0 Å². The number of fused-ring (bicyclic) bond motifs is 1. The number of hydrogen-bond donors (Lipinski definition) is 2. The molecule has 0 fully saturated rings. The summed E-state index contributed by atoms with van der Waals surface area (Å²) in [5.41, 5.74) is 1.92. The second-order valence-electron chi connectivity index (χ2n) is 6.50. The normalized spacial score (nSPS) is 19.6. The summed E-state index contributed by atoms with van der Waals surface area (Å²) in [5, 5.41) is 2.82. The van der Waals surface area contributed by atoms with Gasteiger partial charge in [0, 0.05) is 11.6 Å². The first-order valence-electron chi connectivity index (χ1n) is 7.38. The van der Waals surface area contributed by atoms with Crippen LogP contribution in [0.15, 0.2) is 0 Å². The fourth-order valence-corrected chi connectivity index (χ4v) is 2.58. The molecule has 0 radical (unpaired) electrons. The molecule has 5 nitrogen and oxygen atoms in total. The first kappa shape index (κ1) is 14.9. The maximum Gasteiger partial charge on any atom is 0.408 e. The summed E-state index contributed by atoms with van der Waals surface area (Å²) >= 11 is 0. The number of nitrogens with zero attached hydrogens (tertiary/aromatic N) is 1. The van der Waals surface area contributed by atoms with Gasteiger partial charge in [0.1, 0.15) is 11.4 Å². The number of nitrogens with one attached hydrogen (secondary N) is 2. The van der Waals surface area contributed by atoms with E-state index in [4.69, 9.17) is 4.74 Å². The van der Waals surface area contributed by atoms with Crippen molar-refractivity contribution in [1.82, 2.24) is 15.3 Å². The fourth-order valence-electron chi connectivity index (χ4n) is 2.58. The zero-order valence-electron chi connectivity index (χ0n) is 13.0. The van der Waals surface area contributed by atoms with Crippen LogP contribution in [-0.4, -0.2) is 21.7 Å². The van der Waals surface area contributed by atoms with Gasteiger partial charge in [0.2, 0.25) is 0 Å². The standard InChI is InChI=1S/C15H25N3O2/c1-6-10-7-8-11-12(10)18-13(17-11)9(2)16-14(19)20-15(3,4)5/h9-10H,6-8H2,1-5H3,(H,16,19)(H,17,18)/t9-,10?/m1/s1. The van der Waals surface area contributed by atoms with E-state index in [1.54, 1.807) is 0 Å². The lowest BCUT2D eigenvalue weighted by Gasteiger charge is -2.21. The number of rotatable bonds is 3. The molecule has 2 atom stereocenters. The van der Waals surface area contributed by atoms with Crippen molar-refractivity contribution in [2.75, 3.05) is 0 Å². The number of aromatic nitrogens is 2. The number of aryl methyl sites for hydroxylation is 1. The summed E-state index contributed by atoms with van der Waals surface area (Å²) in [6.45, 7) is 9.66. The van der Waals surface area contributed by atoms with Crippen molar-refractivity contribution in [1.29, 1.82) is 0 Å². The van der Waals surface area contributed by atoms with E-state index < -0.39 is 11.7 Å². The van der Waals surface area contributed by atoms with Crippen molar-refractivity contribution in [2.24, 2.45) is 0 Å². The van der Waals surface area contributed by atoms with Crippen LogP contribution in [-0.2, 0) is 11.2 Å². The van der Waals surface area contributed by atoms with Gasteiger partial charge in [-0.15, -0.1) is 0 Å². The van der Waals surface area contributed by atoms with Gasteiger partial charge in [-0.3, -0.25) is 0 Å². The van der Waals surface area contributed by atoms with Gasteiger partial charge in [0.15, 0.2) is 0 Å². The summed E-state index contributed by atoms with van der Waals surface area (Å²) in [4.78, 5) is 19.8. The number of hydrogen-bond acceptors (Lipinski definition) is 3. The van der Waals surface area contributed by atoms with Crippen molar-refractivity contribution < 1.29 is 9.53 Å². The highest BCUT2D eigenvalue weighted by molar-refractivity contribution is 5.68. The maximum absolute atomic E-state index is 11.8. The quantitative estimate of drug-likeness (QED) is 0.890. The molecule has 2 rings (SSSR count). The van der Waals surface area contributed by atoms with Crippen molar-refractivity contribution in [3.63, 3.8) is 0 Å². The molecule has 0 bridgehead atoms. The van der Waals surface area contributed by atoms with Gasteiger partial charge in [-0.25, -0.2) is 9.78 Å². The third-order valence-electron chi connectivity index (χ3n) is 3.59. The SMILES string of the molecule is CCC1CCc2[nH]c([C@@H](C)NC(=O)OC(C)(C)C)nc21. The highest BCUT2D eigenvalue weighted by atomic mass is 16.6. The van der Waals surface area contributed by atoms with E-state index in [2.05, 4.69) is 22.2 Å². The van der Waals surface area contributed by atoms with Crippen LogP contribution in [0.4, 0.5) is 4.79 Å². The van der Waals surface area contributed by atoms with Gasteiger partial charge >= 0.3 is 6.09 Å². The van der Waals surface area contributed by atoms with E-state index in [1.165, 1.54) is 17.8 Å².